The van der Waals surface area contributed by atoms with E-state index in [1.165, 1.54) is 0 Å². The van der Waals surface area contributed by atoms with Crippen molar-refractivity contribution in [2.75, 3.05) is 19.8 Å². The third kappa shape index (κ3) is 8.70. The molecule has 0 atom stereocenters. The second kappa shape index (κ2) is 12.1. The number of esters is 2. The van der Waals surface area contributed by atoms with Gasteiger partial charge in [-0.3, -0.25) is 4.79 Å². The zero-order valence-electron chi connectivity index (χ0n) is 16.2. The minimum Gasteiger partial charge on any atom is -0.493 e. The maximum atomic E-state index is 12.2. The second-order valence-corrected chi connectivity index (χ2v) is 6.48. The Labute approximate surface area is 156 Å². The van der Waals surface area contributed by atoms with E-state index in [1.54, 1.807) is 6.08 Å². The Morgan fingerprint density at radius 1 is 1.00 bits per heavy atom. The molecule has 0 heterocycles. The van der Waals surface area contributed by atoms with Gasteiger partial charge in [0.15, 0.2) is 0 Å². The molecule has 0 saturated carbocycles. The van der Waals surface area contributed by atoms with Crippen molar-refractivity contribution in [1.29, 1.82) is 0 Å². The minimum atomic E-state index is -0.486. The molecule has 0 radical (unpaired) electrons. The lowest BCUT2D eigenvalue weighted by molar-refractivity contribution is -0.146. The molecule has 0 saturated heterocycles. The molecule has 0 bridgehead atoms. The van der Waals surface area contributed by atoms with Crippen LogP contribution < -0.4 is 4.74 Å². The molecule has 5 nitrogen and oxygen atoms in total. The standard InChI is InChI=1S/C21H30O5/c1-5-11-24-20(22)14-18(21(23)25-12-6-2)13-17-7-9-19(10-8-17)26-15-16(3)4/h7-10,13,16H,5-6,11-12,14-15H2,1-4H3. The minimum absolute atomic E-state index is 0.103. The molecule has 0 unspecified atom stereocenters. The van der Waals surface area contributed by atoms with E-state index in [0.717, 1.165) is 24.2 Å². The topological polar surface area (TPSA) is 61.8 Å². The predicted molar refractivity (Wildman–Crippen MR) is 102 cm³/mol. The third-order valence-electron chi connectivity index (χ3n) is 3.31. The summed E-state index contributed by atoms with van der Waals surface area (Å²) in [4.78, 5) is 24.1. The van der Waals surface area contributed by atoms with Crippen LogP contribution in [0.2, 0.25) is 0 Å². The largest absolute Gasteiger partial charge is 0.493 e. The first-order valence-electron chi connectivity index (χ1n) is 9.22. The monoisotopic (exact) mass is 362 g/mol. The van der Waals surface area contributed by atoms with Gasteiger partial charge in [0.05, 0.1) is 26.2 Å². The molecule has 0 spiro atoms. The highest BCUT2D eigenvalue weighted by atomic mass is 16.5. The van der Waals surface area contributed by atoms with Crippen LogP contribution in [0.25, 0.3) is 6.08 Å². The predicted octanol–water partition coefficient (Wildman–Crippen LogP) is 4.40. The molecule has 0 aliphatic heterocycles. The van der Waals surface area contributed by atoms with Crippen LogP contribution in [0, 0.1) is 5.92 Å². The molecule has 0 N–H and O–H groups in total. The third-order valence-corrected chi connectivity index (χ3v) is 3.31. The lowest BCUT2D eigenvalue weighted by Crippen LogP contribution is -2.14. The molecular formula is C21H30O5. The Morgan fingerprint density at radius 2 is 1.62 bits per heavy atom. The van der Waals surface area contributed by atoms with Crippen molar-refractivity contribution < 1.29 is 23.8 Å². The Bertz CT molecular complexity index is 587. The average Bonchev–Trinajstić information content (AvgIpc) is 2.63. The Hall–Kier alpha value is -2.30. The molecule has 1 rings (SSSR count). The van der Waals surface area contributed by atoms with Crippen LogP contribution in [0.1, 0.15) is 52.5 Å². The van der Waals surface area contributed by atoms with E-state index in [4.69, 9.17) is 14.2 Å². The summed E-state index contributed by atoms with van der Waals surface area (Å²) in [6, 6.07) is 7.39. The molecule has 1 aromatic rings. The Balaban J connectivity index is 2.86. The van der Waals surface area contributed by atoms with E-state index in [2.05, 4.69) is 13.8 Å². The highest BCUT2D eigenvalue weighted by Gasteiger charge is 2.16. The molecule has 1 aromatic carbocycles. The maximum Gasteiger partial charge on any atom is 0.334 e. The van der Waals surface area contributed by atoms with Crippen LogP contribution in [-0.2, 0) is 19.1 Å². The Morgan fingerprint density at radius 3 is 2.19 bits per heavy atom. The van der Waals surface area contributed by atoms with Gasteiger partial charge in [-0.1, -0.05) is 39.8 Å². The van der Waals surface area contributed by atoms with Gasteiger partial charge in [0, 0.05) is 5.57 Å². The van der Waals surface area contributed by atoms with Gasteiger partial charge in [0.2, 0.25) is 0 Å². The van der Waals surface area contributed by atoms with E-state index in [0.29, 0.717) is 25.7 Å². The zero-order valence-corrected chi connectivity index (χ0v) is 16.2. The van der Waals surface area contributed by atoms with Gasteiger partial charge < -0.3 is 14.2 Å². The van der Waals surface area contributed by atoms with E-state index in [1.807, 2.05) is 38.1 Å². The first-order valence-corrected chi connectivity index (χ1v) is 9.22. The van der Waals surface area contributed by atoms with Gasteiger partial charge >= 0.3 is 11.9 Å². The molecule has 26 heavy (non-hydrogen) atoms. The molecule has 0 fully saturated rings. The van der Waals surface area contributed by atoms with Crippen molar-refractivity contribution in [2.24, 2.45) is 5.92 Å². The number of rotatable bonds is 11. The van der Waals surface area contributed by atoms with Crippen LogP contribution in [0.5, 0.6) is 5.75 Å². The molecule has 144 valence electrons. The second-order valence-electron chi connectivity index (χ2n) is 6.48. The fraction of sp³-hybridized carbons (Fsp3) is 0.524. The molecule has 0 aromatic heterocycles. The highest BCUT2D eigenvalue weighted by molar-refractivity contribution is 5.98. The highest BCUT2D eigenvalue weighted by Crippen LogP contribution is 2.18. The summed E-state index contributed by atoms with van der Waals surface area (Å²) in [6.45, 7) is 9.32. The van der Waals surface area contributed by atoms with Crippen molar-refractivity contribution in [3.8, 4) is 5.75 Å². The SMILES string of the molecule is CCCOC(=O)CC(=Cc1ccc(OCC(C)C)cc1)C(=O)OCCC. The van der Waals surface area contributed by atoms with Gasteiger partial charge in [-0.25, -0.2) is 4.79 Å². The van der Waals surface area contributed by atoms with Gasteiger partial charge in [-0.05, 0) is 42.5 Å². The van der Waals surface area contributed by atoms with Crippen molar-refractivity contribution in [1.82, 2.24) is 0 Å². The number of ether oxygens (including phenoxy) is 3. The van der Waals surface area contributed by atoms with Gasteiger partial charge in [0.25, 0.3) is 0 Å². The van der Waals surface area contributed by atoms with Crippen LogP contribution >= 0.6 is 0 Å². The lowest BCUT2D eigenvalue weighted by atomic mass is 10.1. The van der Waals surface area contributed by atoms with Crippen LogP contribution in [0.4, 0.5) is 0 Å². The summed E-state index contributed by atoms with van der Waals surface area (Å²) >= 11 is 0. The fourth-order valence-corrected chi connectivity index (χ4v) is 2.02. The smallest absolute Gasteiger partial charge is 0.334 e. The van der Waals surface area contributed by atoms with E-state index >= 15 is 0 Å². The quantitative estimate of drug-likeness (QED) is 0.431. The van der Waals surface area contributed by atoms with Crippen LogP contribution in [-0.4, -0.2) is 31.8 Å². The Kier molecular flexibility index (Phi) is 10.1. The summed E-state index contributed by atoms with van der Waals surface area (Å²) in [5.74, 6) is 0.306. The molecule has 0 aliphatic rings. The lowest BCUT2D eigenvalue weighted by Gasteiger charge is -2.10. The average molecular weight is 362 g/mol. The molecule has 0 aliphatic carbocycles. The fourth-order valence-electron chi connectivity index (χ4n) is 2.02. The summed E-state index contributed by atoms with van der Waals surface area (Å²) in [7, 11) is 0. The normalized spacial score (nSPS) is 11.3. The summed E-state index contributed by atoms with van der Waals surface area (Å²) in [5.41, 5.74) is 1.09. The van der Waals surface area contributed by atoms with Crippen molar-refractivity contribution in [3.05, 3.63) is 35.4 Å². The van der Waals surface area contributed by atoms with Crippen molar-refractivity contribution in [3.63, 3.8) is 0 Å². The summed E-state index contributed by atoms with van der Waals surface area (Å²) in [6.07, 6.45) is 3.02. The van der Waals surface area contributed by atoms with Gasteiger partial charge in [0.1, 0.15) is 5.75 Å². The number of carbonyl (C=O) groups is 2. The summed E-state index contributed by atoms with van der Waals surface area (Å²) < 4.78 is 15.9. The van der Waals surface area contributed by atoms with Crippen molar-refractivity contribution in [2.45, 2.75) is 47.0 Å². The van der Waals surface area contributed by atoms with E-state index in [-0.39, 0.29) is 12.0 Å². The van der Waals surface area contributed by atoms with Crippen LogP contribution in [0.3, 0.4) is 0 Å². The summed E-state index contributed by atoms with van der Waals surface area (Å²) in [5, 5.41) is 0. The number of hydrogen-bond acceptors (Lipinski definition) is 5. The maximum absolute atomic E-state index is 12.2. The van der Waals surface area contributed by atoms with E-state index < -0.39 is 11.9 Å². The number of hydrogen-bond donors (Lipinski definition) is 0. The number of carbonyl (C=O) groups excluding carboxylic acids is 2. The molecule has 0 amide bonds. The van der Waals surface area contributed by atoms with E-state index in [9.17, 15) is 9.59 Å². The molecular weight excluding hydrogens is 332 g/mol. The van der Waals surface area contributed by atoms with Crippen molar-refractivity contribution >= 4 is 18.0 Å². The van der Waals surface area contributed by atoms with Gasteiger partial charge in [-0.15, -0.1) is 0 Å². The van der Waals surface area contributed by atoms with Gasteiger partial charge in [-0.2, -0.15) is 0 Å². The first kappa shape index (κ1) is 21.7. The molecule has 5 heteroatoms. The zero-order chi connectivity index (χ0) is 19.4. The van der Waals surface area contributed by atoms with Crippen LogP contribution in [0.15, 0.2) is 29.8 Å². The first-order chi connectivity index (χ1) is 12.5. The number of benzene rings is 1.